The Morgan fingerprint density at radius 1 is 1.30 bits per heavy atom. The van der Waals surface area contributed by atoms with Crippen LogP contribution in [0.4, 0.5) is 0 Å². The third kappa shape index (κ3) is 3.05. The molecule has 0 aromatic carbocycles. The molecule has 7 heteroatoms. The maximum absolute atomic E-state index is 11.9. The summed E-state index contributed by atoms with van der Waals surface area (Å²) in [6, 6.07) is 0. The van der Waals surface area contributed by atoms with E-state index in [9.17, 15) is 9.59 Å². The Kier molecular flexibility index (Phi) is 4.51. The predicted molar refractivity (Wildman–Crippen MR) is 79.0 cm³/mol. The smallest absolute Gasteiger partial charge is 0.306 e. The molecule has 0 fully saturated rings. The van der Waals surface area contributed by atoms with Crippen LogP contribution in [-0.4, -0.2) is 14.1 Å². The molecule has 0 radical (unpaired) electrons. The Balaban J connectivity index is 2.04. The second kappa shape index (κ2) is 6.15. The van der Waals surface area contributed by atoms with Crippen molar-refractivity contribution in [2.75, 3.05) is 0 Å². The molecule has 2 heterocycles. The average Bonchev–Trinajstić information content (AvgIpc) is 2.90. The van der Waals surface area contributed by atoms with Gasteiger partial charge < -0.3 is 9.88 Å². The van der Waals surface area contributed by atoms with Gasteiger partial charge in [-0.05, 0) is 6.42 Å². The summed E-state index contributed by atoms with van der Waals surface area (Å²) in [5.74, 6) is 0. The number of hydrogen-bond donors (Lipinski definition) is 1. The quantitative estimate of drug-likeness (QED) is 0.866. The van der Waals surface area contributed by atoms with Crippen molar-refractivity contribution in [3.63, 3.8) is 0 Å². The number of rotatable bonds is 5. The van der Waals surface area contributed by atoms with Gasteiger partial charge in [0.2, 0.25) is 0 Å². The van der Waals surface area contributed by atoms with Gasteiger partial charge in [-0.15, -0.1) is 11.3 Å². The fourth-order valence-electron chi connectivity index (χ4n) is 1.90. The molecule has 0 saturated carbocycles. The van der Waals surface area contributed by atoms with Gasteiger partial charge in [-0.1, -0.05) is 6.92 Å². The number of nitrogens with zero attached hydrogens (tertiary/aromatic N) is 3. The minimum Gasteiger partial charge on any atom is -0.306 e. The van der Waals surface area contributed by atoms with Crippen LogP contribution in [0, 0.1) is 0 Å². The molecule has 2 aromatic heterocycles. The van der Waals surface area contributed by atoms with Crippen LogP contribution in [0.1, 0.15) is 22.4 Å². The highest BCUT2D eigenvalue weighted by atomic mass is 32.1. The van der Waals surface area contributed by atoms with E-state index in [1.807, 2.05) is 6.20 Å². The average molecular weight is 294 g/mol. The third-order valence-electron chi connectivity index (χ3n) is 3.06. The first kappa shape index (κ1) is 14.7. The maximum atomic E-state index is 11.9. The van der Waals surface area contributed by atoms with Gasteiger partial charge in [-0.2, -0.15) is 0 Å². The molecule has 108 valence electrons. The molecule has 0 spiro atoms. The van der Waals surface area contributed by atoms with Crippen LogP contribution in [0.25, 0.3) is 0 Å². The van der Waals surface area contributed by atoms with Gasteiger partial charge in [-0.3, -0.25) is 9.36 Å². The van der Waals surface area contributed by atoms with Gasteiger partial charge in [0.1, 0.15) is 5.01 Å². The fourth-order valence-corrected chi connectivity index (χ4v) is 2.73. The molecule has 1 N–H and O–H groups in total. The first-order chi connectivity index (χ1) is 9.52. The number of hydrogen-bond acceptors (Lipinski definition) is 5. The van der Waals surface area contributed by atoms with Gasteiger partial charge in [0.05, 0.1) is 0 Å². The van der Waals surface area contributed by atoms with E-state index in [0.717, 1.165) is 16.0 Å². The minimum atomic E-state index is -0.314. The lowest BCUT2D eigenvalue weighted by molar-refractivity contribution is 0.629. The Bertz CT molecular complexity index is 714. The van der Waals surface area contributed by atoms with E-state index in [1.165, 1.54) is 16.5 Å². The van der Waals surface area contributed by atoms with Gasteiger partial charge in [0.15, 0.2) is 0 Å². The third-order valence-corrected chi connectivity index (χ3v) is 4.20. The number of aromatic nitrogens is 3. The predicted octanol–water partition coefficient (Wildman–Crippen LogP) is 0.393. The highest BCUT2D eigenvalue weighted by Gasteiger charge is 2.07. The van der Waals surface area contributed by atoms with Crippen molar-refractivity contribution in [3.05, 3.63) is 48.7 Å². The van der Waals surface area contributed by atoms with Crippen molar-refractivity contribution >= 4 is 11.3 Å². The monoisotopic (exact) mass is 294 g/mol. The molecule has 20 heavy (non-hydrogen) atoms. The topological polar surface area (TPSA) is 68.9 Å². The zero-order chi connectivity index (χ0) is 14.7. The lowest BCUT2D eigenvalue weighted by atomic mass is 10.3. The second-order valence-corrected chi connectivity index (χ2v) is 5.79. The molecule has 0 aliphatic rings. The van der Waals surface area contributed by atoms with Crippen molar-refractivity contribution in [2.45, 2.75) is 26.4 Å². The largest absolute Gasteiger partial charge is 0.330 e. The van der Waals surface area contributed by atoms with Crippen LogP contribution in [0.3, 0.4) is 0 Å². The van der Waals surface area contributed by atoms with Crippen molar-refractivity contribution in [1.29, 1.82) is 0 Å². The van der Waals surface area contributed by atoms with Crippen LogP contribution in [0.5, 0.6) is 0 Å². The van der Waals surface area contributed by atoms with E-state index in [1.54, 1.807) is 24.6 Å². The van der Waals surface area contributed by atoms with E-state index in [2.05, 4.69) is 17.2 Å². The Hall–Kier alpha value is -1.73. The lowest BCUT2D eigenvalue weighted by Gasteiger charge is -2.07. The molecule has 2 rings (SSSR count). The van der Waals surface area contributed by atoms with Crippen molar-refractivity contribution in [2.24, 2.45) is 14.1 Å². The zero-order valence-electron chi connectivity index (χ0n) is 11.8. The maximum Gasteiger partial charge on any atom is 0.330 e. The summed E-state index contributed by atoms with van der Waals surface area (Å²) in [6.45, 7) is 3.14. The van der Waals surface area contributed by atoms with Crippen LogP contribution in [0.2, 0.25) is 0 Å². The molecule has 0 aliphatic carbocycles. The summed E-state index contributed by atoms with van der Waals surface area (Å²) in [5.41, 5.74) is 0.00196. The minimum absolute atomic E-state index is 0.256. The summed E-state index contributed by atoms with van der Waals surface area (Å²) < 4.78 is 2.53. The first-order valence-electron chi connectivity index (χ1n) is 6.42. The van der Waals surface area contributed by atoms with E-state index in [0.29, 0.717) is 18.7 Å². The Labute approximate surface area is 120 Å². The number of thiazole rings is 1. The summed E-state index contributed by atoms with van der Waals surface area (Å²) in [4.78, 5) is 29.1. The van der Waals surface area contributed by atoms with Gasteiger partial charge in [-0.25, -0.2) is 9.78 Å². The Morgan fingerprint density at radius 2 is 2.05 bits per heavy atom. The molecule has 0 atom stereocenters. The standard InChI is InChI=1S/C13H18N4O2S/c1-4-10-6-15-11(20-10)7-14-5-9-8-16(2)13(19)17(3)12(9)18/h6,8,14H,4-5,7H2,1-3H3. The van der Waals surface area contributed by atoms with E-state index in [4.69, 9.17) is 0 Å². The van der Waals surface area contributed by atoms with Gasteiger partial charge >= 0.3 is 5.69 Å². The second-order valence-electron chi connectivity index (χ2n) is 4.59. The van der Waals surface area contributed by atoms with Crippen molar-refractivity contribution in [1.82, 2.24) is 19.4 Å². The van der Waals surface area contributed by atoms with E-state index >= 15 is 0 Å². The zero-order valence-corrected chi connectivity index (χ0v) is 12.7. The van der Waals surface area contributed by atoms with Gasteiger partial charge in [0.25, 0.3) is 5.56 Å². The summed E-state index contributed by atoms with van der Waals surface area (Å²) in [7, 11) is 3.13. The van der Waals surface area contributed by atoms with Gasteiger partial charge in [0, 0.05) is 50.0 Å². The summed E-state index contributed by atoms with van der Waals surface area (Å²) in [5, 5.41) is 4.19. The molecule has 0 aliphatic heterocycles. The molecule has 0 bridgehead atoms. The SMILES string of the molecule is CCc1cnc(CNCc2cn(C)c(=O)n(C)c2=O)s1. The highest BCUT2D eigenvalue weighted by molar-refractivity contribution is 7.11. The Morgan fingerprint density at radius 3 is 2.70 bits per heavy atom. The fraction of sp³-hybridized carbons (Fsp3) is 0.462. The van der Waals surface area contributed by atoms with E-state index in [-0.39, 0.29) is 11.2 Å². The number of aryl methyl sites for hydroxylation is 2. The van der Waals surface area contributed by atoms with Crippen LogP contribution >= 0.6 is 11.3 Å². The molecule has 2 aromatic rings. The van der Waals surface area contributed by atoms with Crippen LogP contribution in [-0.2, 0) is 33.6 Å². The van der Waals surface area contributed by atoms with Crippen molar-refractivity contribution < 1.29 is 0 Å². The highest BCUT2D eigenvalue weighted by Crippen LogP contribution is 2.12. The molecular formula is C13H18N4O2S. The first-order valence-corrected chi connectivity index (χ1v) is 7.24. The summed E-state index contributed by atoms with van der Waals surface area (Å²) >= 11 is 1.67. The van der Waals surface area contributed by atoms with Crippen LogP contribution < -0.4 is 16.6 Å². The summed E-state index contributed by atoms with van der Waals surface area (Å²) in [6.07, 6.45) is 4.45. The molecular weight excluding hydrogens is 276 g/mol. The molecule has 6 nitrogen and oxygen atoms in total. The molecule has 0 amide bonds. The molecule has 0 saturated heterocycles. The van der Waals surface area contributed by atoms with Crippen molar-refractivity contribution in [3.8, 4) is 0 Å². The lowest BCUT2D eigenvalue weighted by Crippen LogP contribution is -2.39. The van der Waals surface area contributed by atoms with Crippen LogP contribution in [0.15, 0.2) is 22.0 Å². The normalized spacial score (nSPS) is 10.9. The number of nitrogens with one attached hydrogen (secondary N) is 1. The molecule has 0 unspecified atom stereocenters. The van der Waals surface area contributed by atoms with E-state index < -0.39 is 0 Å².